The molecule has 1 aliphatic carbocycles. The van der Waals surface area contributed by atoms with Crippen LogP contribution in [0.4, 0.5) is 0 Å². The number of hydrogen-bond donors (Lipinski definition) is 1. The van der Waals surface area contributed by atoms with E-state index in [1.165, 1.54) is 12.5 Å². The Balaban J connectivity index is 2.23. The molecule has 0 bridgehead atoms. The van der Waals surface area contributed by atoms with Gasteiger partial charge in [-0.1, -0.05) is 18.0 Å². The van der Waals surface area contributed by atoms with Crippen molar-refractivity contribution in [3.05, 3.63) is 28.3 Å². The summed E-state index contributed by atoms with van der Waals surface area (Å²) in [7, 11) is 1.35. The number of amides is 1. The molecule has 4 nitrogen and oxygen atoms in total. The van der Waals surface area contributed by atoms with Crippen LogP contribution in [0.15, 0.2) is 17.0 Å². The average Bonchev–Trinajstić information content (AvgIpc) is 2.28. The van der Waals surface area contributed by atoms with E-state index in [1.807, 2.05) is 0 Å². The molecule has 0 radical (unpaired) electrons. The van der Waals surface area contributed by atoms with E-state index >= 15 is 0 Å². The van der Waals surface area contributed by atoms with Gasteiger partial charge in [-0.15, -0.1) is 0 Å². The number of carbonyl (C=O) groups is 1. The first kappa shape index (κ1) is 15.6. The fourth-order valence-corrected chi connectivity index (χ4v) is 3.62. The standard InChI is InChI=1S/C13H15Cl2NO3S/c1-8-5-10(6-11(12(8)14)20(15,18)19)13(17)16-7-9-3-2-4-9/h5-6,9H,2-4,7H2,1H3,(H,16,17). The molecule has 0 spiro atoms. The van der Waals surface area contributed by atoms with E-state index in [0.29, 0.717) is 18.0 Å². The second-order valence-electron chi connectivity index (χ2n) is 5.05. The minimum Gasteiger partial charge on any atom is -0.352 e. The van der Waals surface area contributed by atoms with Gasteiger partial charge in [-0.05, 0) is 43.4 Å². The van der Waals surface area contributed by atoms with Crippen LogP contribution in [0, 0.1) is 12.8 Å². The third-order valence-electron chi connectivity index (χ3n) is 3.52. The van der Waals surface area contributed by atoms with Crippen LogP contribution in [0.3, 0.4) is 0 Å². The van der Waals surface area contributed by atoms with Gasteiger partial charge in [0, 0.05) is 22.8 Å². The summed E-state index contributed by atoms with van der Waals surface area (Å²) in [6.45, 7) is 2.25. The van der Waals surface area contributed by atoms with Crippen molar-refractivity contribution in [2.75, 3.05) is 6.54 Å². The van der Waals surface area contributed by atoms with Crippen LogP contribution in [0.25, 0.3) is 0 Å². The first-order valence-corrected chi connectivity index (χ1v) is 9.01. The first-order valence-electron chi connectivity index (χ1n) is 6.32. The van der Waals surface area contributed by atoms with Crippen LogP contribution in [-0.4, -0.2) is 20.9 Å². The van der Waals surface area contributed by atoms with Crippen LogP contribution in [0.5, 0.6) is 0 Å². The highest BCUT2D eigenvalue weighted by molar-refractivity contribution is 8.13. The highest BCUT2D eigenvalue weighted by Crippen LogP contribution is 2.29. The SMILES string of the molecule is Cc1cc(C(=O)NCC2CCC2)cc(S(=O)(=O)Cl)c1Cl. The normalized spacial score (nSPS) is 15.8. The second-order valence-corrected chi connectivity index (χ2v) is 7.96. The molecular weight excluding hydrogens is 321 g/mol. The molecule has 1 saturated carbocycles. The van der Waals surface area contributed by atoms with Crippen molar-refractivity contribution in [2.24, 2.45) is 5.92 Å². The second kappa shape index (κ2) is 5.92. The van der Waals surface area contributed by atoms with Gasteiger partial charge in [0.05, 0.1) is 5.02 Å². The third kappa shape index (κ3) is 3.45. The third-order valence-corrected chi connectivity index (χ3v) is 5.48. The molecule has 0 unspecified atom stereocenters. The Hall–Kier alpha value is -0.780. The maximum absolute atomic E-state index is 12.0. The predicted octanol–water partition coefficient (Wildman–Crippen LogP) is 3.11. The average molecular weight is 336 g/mol. The van der Waals surface area contributed by atoms with Gasteiger partial charge in [0.25, 0.3) is 15.0 Å². The summed E-state index contributed by atoms with van der Waals surface area (Å²) >= 11 is 5.92. The van der Waals surface area contributed by atoms with Crippen molar-refractivity contribution in [1.82, 2.24) is 5.32 Å². The molecule has 0 heterocycles. The molecular formula is C13H15Cl2NO3S. The maximum atomic E-state index is 12.0. The van der Waals surface area contributed by atoms with Gasteiger partial charge in [-0.3, -0.25) is 4.79 Å². The maximum Gasteiger partial charge on any atom is 0.262 e. The molecule has 1 N–H and O–H groups in total. The summed E-state index contributed by atoms with van der Waals surface area (Å²) in [6.07, 6.45) is 3.46. The molecule has 1 aromatic carbocycles. The monoisotopic (exact) mass is 335 g/mol. The number of hydrogen-bond acceptors (Lipinski definition) is 3. The van der Waals surface area contributed by atoms with Gasteiger partial charge < -0.3 is 5.32 Å². The summed E-state index contributed by atoms with van der Waals surface area (Å²) in [5, 5.41) is 2.86. The van der Waals surface area contributed by atoms with E-state index in [1.54, 1.807) is 13.0 Å². The van der Waals surface area contributed by atoms with Gasteiger partial charge in [0.1, 0.15) is 4.90 Å². The lowest BCUT2D eigenvalue weighted by Gasteiger charge is -2.25. The smallest absolute Gasteiger partial charge is 0.262 e. The van der Waals surface area contributed by atoms with Crippen molar-refractivity contribution in [1.29, 1.82) is 0 Å². The Morgan fingerprint density at radius 3 is 2.55 bits per heavy atom. The Bertz CT molecular complexity index is 639. The van der Waals surface area contributed by atoms with Crippen LogP contribution in [-0.2, 0) is 9.05 Å². The first-order chi connectivity index (χ1) is 9.29. The fraction of sp³-hybridized carbons (Fsp3) is 0.462. The van der Waals surface area contributed by atoms with E-state index in [9.17, 15) is 13.2 Å². The highest BCUT2D eigenvalue weighted by Gasteiger charge is 2.21. The zero-order chi connectivity index (χ0) is 14.9. The van der Waals surface area contributed by atoms with E-state index in [4.69, 9.17) is 22.3 Å². The topological polar surface area (TPSA) is 63.2 Å². The molecule has 1 fully saturated rings. The molecule has 1 amide bonds. The molecule has 0 aromatic heterocycles. The number of aryl methyl sites for hydroxylation is 1. The van der Waals surface area contributed by atoms with Crippen molar-refractivity contribution in [3.63, 3.8) is 0 Å². The van der Waals surface area contributed by atoms with Crippen LogP contribution >= 0.6 is 22.3 Å². The molecule has 1 aliphatic rings. The lowest BCUT2D eigenvalue weighted by atomic mass is 9.85. The fourth-order valence-electron chi connectivity index (χ4n) is 2.08. The minimum atomic E-state index is -3.98. The highest BCUT2D eigenvalue weighted by atomic mass is 35.7. The van der Waals surface area contributed by atoms with Crippen molar-refractivity contribution in [2.45, 2.75) is 31.1 Å². The van der Waals surface area contributed by atoms with Crippen LogP contribution in [0.1, 0.15) is 35.2 Å². The number of halogens is 2. The molecule has 0 aliphatic heterocycles. The van der Waals surface area contributed by atoms with Crippen molar-refractivity contribution >= 4 is 37.2 Å². The Kier molecular flexibility index (Phi) is 4.62. The van der Waals surface area contributed by atoms with E-state index < -0.39 is 9.05 Å². The summed E-state index contributed by atoms with van der Waals surface area (Å²) in [4.78, 5) is 11.8. The molecule has 2 rings (SSSR count). The molecule has 110 valence electrons. The summed E-state index contributed by atoms with van der Waals surface area (Å²) in [5.41, 5.74) is 0.757. The predicted molar refractivity (Wildman–Crippen MR) is 78.9 cm³/mol. The summed E-state index contributed by atoms with van der Waals surface area (Å²) in [6, 6.07) is 2.78. The van der Waals surface area contributed by atoms with Crippen LogP contribution in [0.2, 0.25) is 5.02 Å². The van der Waals surface area contributed by atoms with E-state index in [0.717, 1.165) is 12.8 Å². The lowest BCUT2D eigenvalue weighted by Crippen LogP contribution is -2.32. The quantitative estimate of drug-likeness (QED) is 0.860. The van der Waals surface area contributed by atoms with Gasteiger partial charge in [-0.2, -0.15) is 0 Å². The van der Waals surface area contributed by atoms with Crippen LogP contribution < -0.4 is 5.32 Å². The Morgan fingerprint density at radius 1 is 1.40 bits per heavy atom. The number of rotatable bonds is 4. The molecule has 0 saturated heterocycles. The molecule has 20 heavy (non-hydrogen) atoms. The number of benzene rings is 1. The van der Waals surface area contributed by atoms with Crippen molar-refractivity contribution in [3.8, 4) is 0 Å². The van der Waals surface area contributed by atoms with Gasteiger partial charge in [0.15, 0.2) is 0 Å². The molecule has 0 atom stereocenters. The zero-order valence-electron chi connectivity index (χ0n) is 10.9. The summed E-state index contributed by atoms with van der Waals surface area (Å²) < 4.78 is 22.9. The van der Waals surface area contributed by atoms with Gasteiger partial charge >= 0.3 is 0 Å². The van der Waals surface area contributed by atoms with E-state index in [-0.39, 0.29) is 21.4 Å². The lowest BCUT2D eigenvalue weighted by molar-refractivity contribution is 0.0939. The van der Waals surface area contributed by atoms with Gasteiger partial charge in [0.2, 0.25) is 0 Å². The zero-order valence-corrected chi connectivity index (χ0v) is 13.3. The minimum absolute atomic E-state index is 0.0514. The largest absolute Gasteiger partial charge is 0.352 e. The van der Waals surface area contributed by atoms with Gasteiger partial charge in [-0.25, -0.2) is 8.42 Å². The van der Waals surface area contributed by atoms with Crippen molar-refractivity contribution < 1.29 is 13.2 Å². The number of carbonyl (C=O) groups excluding carboxylic acids is 1. The summed E-state index contributed by atoms with van der Waals surface area (Å²) in [5.74, 6) is 0.224. The Morgan fingerprint density at radius 2 is 2.05 bits per heavy atom. The molecule has 1 aromatic rings. The number of nitrogens with one attached hydrogen (secondary N) is 1. The Labute approximate surface area is 127 Å². The van der Waals surface area contributed by atoms with E-state index in [2.05, 4.69) is 5.32 Å². The molecule has 7 heteroatoms.